The number of aromatic nitrogens is 4. The lowest BCUT2D eigenvalue weighted by Gasteiger charge is -1.96. The van der Waals surface area contributed by atoms with E-state index in [1.807, 2.05) is 6.07 Å². The Morgan fingerprint density at radius 3 is 3.13 bits per heavy atom. The summed E-state index contributed by atoms with van der Waals surface area (Å²) in [6.45, 7) is 0.467. The zero-order chi connectivity index (χ0) is 10.7. The molecule has 0 unspecified atom stereocenters. The van der Waals surface area contributed by atoms with Crippen molar-refractivity contribution < 1.29 is 0 Å². The second-order valence-electron chi connectivity index (χ2n) is 2.54. The van der Waals surface area contributed by atoms with Crippen molar-refractivity contribution in [3.63, 3.8) is 0 Å². The zero-order valence-electron chi connectivity index (χ0n) is 7.36. The van der Waals surface area contributed by atoms with Gasteiger partial charge in [0.2, 0.25) is 0 Å². The van der Waals surface area contributed by atoms with Crippen LogP contribution in [0.2, 0.25) is 5.15 Å². The summed E-state index contributed by atoms with van der Waals surface area (Å²) < 4.78 is 0. The molecular weight excluding hydrogens is 236 g/mol. The number of aromatic amines is 1. The molecule has 0 amide bonds. The van der Waals surface area contributed by atoms with E-state index in [1.165, 1.54) is 17.7 Å². The second-order valence-corrected chi connectivity index (χ2v) is 3.89. The molecule has 0 spiro atoms. The highest BCUT2D eigenvalue weighted by atomic mass is 35.5. The fourth-order valence-electron chi connectivity index (χ4n) is 0.921. The van der Waals surface area contributed by atoms with E-state index in [1.54, 1.807) is 0 Å². The molecule has 0 atom stereocenters. The first kappa shape index (κ1) is 9.89. The van der Waals surface area contributed by atoms with E-state index >= 15 is 0 Å². The van der Waals surface area contributed by atoms with Crippen LogP contribution < -0.4 is 5.32 Å². The molecule has 2 aromatic rings. The van der Waals surface area contributed by atoms with E-state index in [0.29, 0.717) is 22.4 Å². The van der Waals surface area contributed by atoms with Crippen LogP contribution in [0.3, 0.4) is 0 Å². The Hall–Kier alpha value is -1.65. The molecule has 6 nitrogen and oxygen atoms in total. The quantitative estimate of drug-likeness (QED) is 0.846. The van der Waals surface area contributed by atoms with Gasteiger partial charge in [-0.2, -0.15) is 10.4 Å². The molecule has 15 heavy (non-hydrogen) atoms. The minimum Gasteiger partial charge on any atom is -0.354 e. The maximum atomic E-state index is 8.66. The van der Waals surface area contributed by atoms with Crippen LogP contribution in [-0.4, -0.2) is 20.2 Å². The third kappa shape index (κ3) is 2.23. The summed E-state index contributed by atoms with van der Waals surface area (Å²) in [6.07, 6.45) is 1.42. The largest absolute Gasteiger partial charge is 0.354 e. The number of thiazole rings is 1. The lowest BCUT2D eigenvalue weighted by atomic mass is 10.6. The maximum Gasteiger partial charge on any atom is 0.185 e. The Morgan fingerprint density at radius 1 is 1.67 bits per heavy atom. The maximum absolute atomic E-state index is 8.66. The highest BCUT2D eigenvalue weighted by molar-refractivity contribution is 7.16. The number of rotatable bonds is 3. The number of hydrogen-bond donors (Lipinski definition) is 2. The second kappa shape index (κ2) is 4.25. The number of halogens is 1. The number of nitriles is 1. The lowest BCUT2D eigenvalue weighted by molar-refractivity contribution is 0.952. The van der Waals surface area contributed by atoms with Crippen molar-refractivity contribution in [1.82, 2.24) is 20.2 Å². The topological polar surface area (TPSA) is 90.3 Å². The highest BCUT2D eigenvalue weighted by Gasteiger charge is 2.08. The van der Waals surface area contributed by atoms with Crippen LogP contribution in [0, 0.1) is 11.3 Å². The first-order chi connectivity index (χ1) is 7.29. The molecule has 76 valence electrons. The number of H-pyrrole nitrogens is 1. The molecule has 0 bridgehead atoms. The van der Waals surface area contributed by atoms with Crippen molar-refractivity contribution in [3.8, 4) is 6.07 Å². The van der Waals surface area contributed by atoms with Crippen LogP contribution >= 0.6 is 22.9 Å². The molecule has 0 radical (unpaired) electrons. The lowest BCUT2D eigenvalue weighted by Crippen LogP contribution is -2.00. The molecule has 2 heterocycles. The van der Waals surface area contributed by atoms with Gasteiger partial charge in [0.1, 0.15) is 23.1 Å². The van der Waals surface area contributed by atoms with Gasteiger partial charge in [-0.1, -0.05) is 22.9 Å². The van der Waals surface area contributed by atoms with E-state index in [4.69, 9.17) is 16.9 Å². The van der Waals surface area contributed by atoms with Crippen molar-refractivity contribution in [3.05, 3.63) is 22.2 Å². The summed E-state index contributed by atoms with van der Waals surface area (Å²) in [5.74, 6) is 0.694. The predicted octanol–water partition coefficient (Wildman–Crippen LogP) is 1.40. The van der Waals surface area contributed by atoms with Crippen molar-refractivity contribution in [2.24, 2.45) is 0 Å². The van der Waals surface area contributed by atoms with Crippen LogP contribution in [-0.2, 0) is 6.54 Å². The number of nitrogens with one attached hydrogen (secondary N) is 2. The fourth-order valence-corrected chi connectivity index (χ4v) is 1.86. The molecule has 2 aromatic heterocycles. The molecule has 2 N–H and O–H groups in total. The Labute approximate surface area is 93.9 Å². The Bertz CT molecular complexity index is 484. The summed E-state index contributed by atoms with van der Waals surface area (Å²) in [5, 5.41) is 18.9. The zero-order valence-corrected chi connectivity index (χ0v) is 8.93. The van der Waals surface area contributed by atoms with E-state index in [2.05, 4.69) is 25.5 Å². The smallest absolute Gasteiger partial charge is 0.185 e. The minimum absolute atomic E-state index is 0.225. The van der Waals surface area contributed by atoms with Gasteiger partial charge in [0.05, 0.1) is 6.54 Å². The van der Waals surface area contributed by atoms with Gasteiger partial charge in [-0.3, -0.25) is 5.10 Å². The fraction of sp³-hybridized carbons (Fsp3) is 0.143. The molecule has 0 saturated carbocycles. The van der Waals surface area contributed by atoms with Gasteiger partial charge in [0.15, 0.2) is 10.3 Å². The molecule has 8 heteroatoms. The highest BCUT2D eigenvalue weighted by Crippen LogP contribution is 2.25. The molecule has 0 saturated heterocycles. The van der Waals surface area contributed by atoms with Gasteiger partial charge < -0.3 is 5.32 Å². The summed E-state index contributed by atoms with van der Waals surface area (Å²) in [7, 11) is 0. The van der Waals surface area contributed by atoms with Gasteiger partial charge in [-0.25, -0.2) is 9.97 Å². The summed E-state index contributed by atoms with van der Waals surface area (Å²) in [5.41, 5.74) is 0. The average Bonchev–Trinajstić information content (AvgIpc) is 2.83. The van der Waals surface area contributed by atoms with Crippen LogP contribution in [0.15, 0.2) is 6.33 Å². The molecular formula is C7H5ClN6S. The minimum atomic E-state index is 0.225. The molecule has 0 aliphatic carbocycles. The van der Waals surface area contributed by atoms with Crippen LogP contribution in [0.5, 0.6) is 0 Å². The van der Waals surface area contributed by atoms with Gasteiger partial charge in [0.25, 0.3) is 0 Å². The van der Waals surface area contributed by atoms with Crippen LogP contribution in [0.4, 0.5) is 5.13 Å². The normalized spacial score (nSPS) is 9.87. The number of nitrogens with zero attached hydrogens (tertiary/aromatic N) is 4. The third-order valence-corrected chi connectivity index (χ3v) is 2.86. The first-order valence-corrected chi connectivity index (χ1v) is 5.13. The van der Waals surface area contributed by atoms with Gasteiger partial charge in [-0.05, 0) is 0 Å². The molecule has 2 rings (SSSR count). The Kier molecular flexibility index (Phi) is 2.80. The van der Waals surface area contributed by atoms with Crippen LogP contribution in [0.25, 0.3) is 0 Å². The molecule has 0 aliphatic heterocycles. The number of anilines is 1. The summed E-state index contributed by atoms with van der Waals surface area (Å²) in [6, 6.07) is 1.96. The molecule has 0 fully saturated rings. The van der Waals surface area contributed by atoms with Crippen LogP contribution in [0.1, 0.15) is 10.7 Å². The third-order valence-electron chi connectivity index (χ3n) is 1.56. The first-order valence-electron chi connectivity index (χ1n) is 3.94. The van der Waals surface area contributed by atoms with E-state index in [0.717, 1.165) is 0 Å². The van der Waals surface area contributed by atoms with Crippen molar-refractivity contribution in [1.29, 1.82) is 5.26 Å². The molecule has 0 aliphatic rings. The molecule has 0 aromatic carbocycles. The monoisotopic (exact) mass is 240 g/mol. The van der Waals surface area contributed by atoms with Gasteiger partial charge in [-0.15, -0.1) is 0 Å². The standard InChI is InChI=1S/C7H5ClN6S/c8-6-4(1-9)15-7(13-6)10-2-5-11-3-12-14-5/h3H,2H2,(H,10,13)(H,11,12,14). The average molecular weight is 241 g/mol. The predicted molar refractivity (Wildman–Crippen MR) is 55.5 cm³/mol. The van der Waals surface area contributed by atoms with Crippen molar-refractivity contribution >= 4 is 28.1 Å². The van der Waals surface area contributed by atoms with Crippen molar-refractivity contribution in [2.45, 2.75) is 6.54 Å². The Morgan fingerprint density at radius 2 is 2.53 bits per heavy atom. The summed E-state index contributed by atoms with van der Waals surface area (Å²) in [4.78, 5) is 8.30. The number of hydrogen-bond acceptors (Lipinski definition) is 6. The Balaban J connectivity index is 2.03. The van der Waals surface area contributed by atoms with E-state index < -0.39 is 0 Å². The van der Waals surface area contributed by atoms with E-state index in [-0.39, 0.29) is 5.15 Å². The SMILES string of the molecule is N#Cc1sc(NCc2ncn[nH]2)nc1Cl. The summed E-state index contributed by atoms with van der Waals surface area (Å²) >= 11 is 6.91. The van der Waals surface area contributed by atoms with Crippen molar-refractivity contribution in [2.75, 3.05) is 5.32 Å². The van der Waals surface area contributed by atoms with Gasteiger partial charge >= 0.3 is 0 Å². The van der Waals surface area contributed by atoms with Gasteiger partial charge in [0, 0.05) is 0 Å². The van der Waals surface area contributed by atoms with E-state index in [9.17, 15) is 0 Å².